The third-order valence-electron chi connectivity index (χ3n) is 2.05. The number of methoxy groups -OCH3 is 1. The molecule has 1 aromatic rings. The smallest absolute Gasteiger partial charge is 0.119 e. The largest absolute Gasteiger partial charge is 0.497 e. The minimum absolute atomic E-state index is 0.705. The Morgan fingerprint density at radius 3 is 2.79 bits per heavy atom. The zero-order chi connectivity index (χ0) is 10.6. The average molecular weight is 189 g/mol. The summed E-state index contributed by atoms with van der Waals surface area (Å²) in [5.74, 6) is 0.811. The highest BCUT2D eigenvalue weighted by Crippen LogP contribution is 2.21. The van der Waals surface area contributed by atoms with E-state index in [-0.39, 0.29) is 0 Å². The van der Waals surface area contributed by atoms with Gasteiger partial charge in [-0.1, -0.05) is 18.7 Å². The Morgan fingerprint density at radius 2 is 2.21 bits per heavy atom. The fraction of sp³-hybridized carbons (Fsp3) is 0.167. The van der Waals surface area contributed by atoms with E-state index < -0.39 is 0 Å². The Balaban J connectivity index is 3.18. The van der Waals surface area contributed by atoms with Crippen LogP contribution in [0.15, 0.2) is 36.9 Å². The summed E-state index contributed by atoms with van der Waals surface area (Å²) in [5, 5.41) is 0. The molecule has 0 bridgehead atoms. The van der Waals surface area contributed by atoms with E-state index in [0.717, 1.165) is 16.9 Å². The first-order chi connectivity index (χ1) is 6.69. The summed E-state index contributed by atoms with van der Waals surface area (Å²) < 4.78 is 5.13. The first-order valence-corrected chi connectivity index (χ1v) is 4.42. The van der Waals surface area contributed by atoms with Crippen molar-refractivity contribution in [1.82, 2.24) is 0 Å². The van der Waals surface area contributed by atoms with Crippen LogP contribution in [-0.2, 0) is 0 Å². The molecule has 1 rings (SSSR count). The molecule has 0 aromatic heterocycles. The van der Waals surface area contributed by atoms with Crippen LogP contribution in [0.1, 0.15) is 11.1 Å². The lowest BCUT2D eigenvalue weighted by molar-refractivity contribution is 0.414. The van der Waals surface area contributed by atoms with Crippen molar-refractivity contribution in [2.24, 2.45) is 5.73 Å². The number of hydrogen-bond donors (Lipinski definition) is 1. The van der Waals surface area contributed by atoms with Crippen LogP contribution in [0.2, 0.25) is 0 Å². The molecule has 2 heteroatoms. The lowest BCUT2D eigenvalue weighted by Gasteiger charge is -2.08. The van der Waals surface area contributed by atoms with Gasteiger partial charge in [-0.3, -0.25) is 0 Å². The molecule has 14 heavy (non-hydrogen) atoms. The lowest BCUT2D eigenvalue weighted by Crippen LogP contribution is -1.99. The first kappa shape index (κ1) is 10.4. The van der Waals surface area contributed by atoms with Crippen LogP contribution >= 0.6 is 0 Å². The summed E-state index contributed by atoms with van der Waals surface area (Å²) in [5.41, 5.74) is 8.69. The maximum atomic E-state index is 5.86. The summed E-state index contributed by atoms with van der Waals surface area (Å²) in [6, 6.07) is 5.82. The Kier molecular flexibility index (Phi) is 3.35. The van der Waals surface area contributed by atoms with E-state index in [2.05, 4.69) is 6.58 Å². The highest BCUT2D eigenvalue weighted by molar-refractivity contribution is 5.67. The van der Waals surface area contributed by atoms with Crippen molar-refractivity contribution in [1.29, 1.82) is 0 Å². The van der Waals surface area contributed by atoms with Crippen molar-refractivity contribution < 1.29 is 4.74 Å². The van der Waals surface area contributed by atoms with Crippen LogP contribution < -0.4 is 10.5 Å². The van der Waals surface area contributed by atoms with Crippen molar-refractivity contribution in [2.45, 2.75) is 6.92 Å². The van der Waals surface area contributed by atoms with Gasteiger partial charge >= 0.3 is 0 Å². The molecule has 74 valence electrons. The molecule has 0 aliphatic carbocycles. The Hall–Kier alpha value is -1.70. The highest BCUT2D eigenvalue weighted by Gasteiger charge is 2.02. The first-order valence-electron chi connectivity index (χ1n) is 4.42. The number of aryl methyl sites for hydroxylation is 1. The molecule has 1 aromatic carbocycles. The molecule has 0 heterocycles. The quantitative estimate of drug-likeness (QED) is 0.741. The Labute approximate surface area is 84.7 Å². The normalized spacial score (nSPS) is 11.1. The van der Waals surface area contributed by atoms with Crippen LogP contribution in [0.3, 0.4) is 0 Å². The predicted octanol–water partition coefficient (Wildman–Crippen LogP) is 2.49. The fourth-order valence-electron chi connectivity index (χ4n) is 1.26. The topological polar surface area (TPSA) is 35.2 Å². The molecular weight excluding hydrogens is 174 g/mol. The fourth-order valence-corrected chi connectivity index (χ4v) is 1.26. The minimum Gasteiger partial charge on any atom is -0.497 e. The molecule has 0 saturated heterocycles. The molecule has 0 unspecified atom stereocenters. The third kappa shape index (κ3) is 2.16. The summed E-state index contributed by atoms with van der Waals surface area (Å²) in [7, 11) is 1.64. The van der Waals surface area contributed by atoms with Gasteiger partial charge in [-0.05, 0) is 30.7 Å². The van der Waals surface area contributed by atoms with Crippen molar-refractivity contribution in [3.63, 3.8) is 0 Å². The van der Waals surface area contributed by atoms with Gasteiger partial charge in [-0.15, -0.1) is 0 Å². The Bertz CT molecular complexity index is 367. The van der Waals surface area contributed by atoms with E-state index in [1.165, 1.54) is 0 Å². The minimum atomic E-state index is 0.705. The standard InChI is InChI=1S/C12H15NO/c1-4-5-12(13)11-8-10(14-3)7-6-9(11)2/h4-8H,1,13H2,2-3H3/b12-5+. The molecule has 0 spiro atoms. The van der Waals surface area contributed by atoms with Gasteiger partial charge in [0.1, 0.15) is 5.75 Å². The number of benzene rings is 1. The second-order valence-corrected chi connectivity index (χ2v) is 3.04. The van der Waals surface area contributed by atoms with Gasteiger partial charge in [-0.2, -0.15) is 0 Å². The monoisotopic (exact) mass is 189 g/mol. The molecule has 0 saturated carbocycles. The summed E-state index contributed by atoms with van der Waals surface area (Å²) in [6.07, 6.45) is 3.45. The molecular formula is C12H15NO. The molecule has 0 fully saturated rings. The Morgan fingerprint density at radius 1 is 1.50 bits per heavy atom. The molecule has 2 N–H and O–H groups in total. The van der Waals surface area contributed by atoms with Gasteiger partial charge < -0.3 is 10.5 Å². The van der Waals surface area contributed by atoms with Crippen molar-refractivity contribution in [2.75, 3.05) is 7.11 Å². The van der Waals surface area contributed by atoms with E-state index >= 15 is 0 Å². The average Bonchev–Trinajstić information content (AvgIpc) is 2.19. The zero-order valence-corrected chi connectivity index (χ0v) is 8.58. The number of rotatable bonds is 3. The number of ether oxygens (including phenoxy) is 1. The van der Waals surface area contributed by atoms with Gasteiger partial charge in [0, 0.05) is 11.3 Å². The van der Waals surface area contributed by atoms with Gasteiger partial charge in [0.15, 0.2) is 0 Å². The van der Waals surface area contributed by atoms with Crippen LogP contribution in [0.25, 0.3) is 5.70 Å². The summed E-state index contributed by atoms with van der Waals surface area (Å²) in [6.45, 7) is 5.62. The summed E-state index contributed by atoms with van der Waals surface area (Å²) >= 11 is 0. The number of nitrogens with two attached hydrogens (primary N) is 1. The molecule has 0 atom stereocenters. The molecule has 0 aliphatic rings. The second-order valence-electron chi connectivity index (χ2n) is 3.04. The SMILES string of the molecule is C=C/C=C(/N)c1cc(OC)ccc1C. The molecule has 2 nitrogen and oxygen atoms in total. The lowest BCUT2D eigenvalue weighted by atomic mass is 10.1. The van der Waals surface area contributed by atoms with E-state index in [4.69, 9.17) is 10.5 Å². The highest BCUT2D eigenvalue weighted by atomic mass is 16.5. The second kappa shape index (κ2) is 4.51. The maximum absolute atomic E-state index is 5.86. The van der Waals surface area contributed by atoms with Gasteiger partial charge in [-0.25, -0.2) is 0 Å². The van der Waals surface area contributed by atoms with Crippen LogP contribution in [0, 0.1) is 6.92 Å². The molecule has 0 amide bonds. The van der Waals surface area contributed by atoms with Gasteiger partial charge in [0.05, 0.1) is 7.11 Å². The van der Waals surface area contributed by atoms with E-state index in [9.17, 15) is 0 Å². The van der Waals surface area contributed by atoms with Crippen molar-refractivity contribution in [3.8, 4) is 5.75 Å². The van der Waals surface area contributed by atoms with Crippen molar-refractivity contribution in [3.05, 3.63) is 48.1 Å². The zero-order valence-electron chi connectivity index (χ0n) is 8.58. The van der Waals surface area contributed by atoms with Gasteiger partial charge in [0.2, 0.25) is 0 Å². The van der Waals surface area contributed by atoms with Crippen LogP contribution in [-0.4, -0.2) is 7.11 Å². The van der Waals surface area contributed by atoms with Crippen molar-refractivity contribution >= 4 is 5.70 Å². The van der Waals surface area contributed by atoms with Crippen LogP contribution in [0.5, 0.6) is 5.75 Å². The van der Waals surface area contributed by atoms with E-state index in [0.29, 0.717) is 5.70 Å². The molecule has 0 aliphatic heterocycles. The summed E-state index contributed by atoms with van der Waals surface area (Å²) in [4.78, 5) is 0. The molecule has 0 radical (unpaired) electrons. The van der Waals surface area contributed by atoms with E-state index in [1.54, 1.807) is 19.3 Å². The number of hydrogen-bond acceptors (Lipinski definition) is 2. The van der Waals surface area contributed by atoms with E-state index in [1.807, 2.05) is 25.1 Å². The van der Waals surface area contributed by atoms with Gasteiger partial charge in [0.25, 0.3) is 0 Å². The van der Waals surface area contributed by atoms with Crippen LogP contribution in [0.4, 0.5) is 0 Å². The predicted molar refractivity (Wildman–Crippen MR) is 60.1 cm³/mol. The maximum Gasteiger partial charge on any atom is 0.119 e. The third-order valence-corrected chi connectivity index (χ3v) is 2.05. The number of allylic oxidation sites excluding steroid dienone is 2.